The molecule has 1 aliphatic heterocycles. The first-order chi connectivity index (χ1) is 15.8. The van der Waals surface area contributed by atoms with E-state index in [0.717, 1.165) is 42.6 Å². The number of halogens is 4. The predicted molar refractivity (Wildman–Crippen MR) is 121 cm³/mol. The van der Waals surface area contributed by atoms with Crippen molar-refractivity contribution in [1.82, 2.24) is 9.88 Å². The Kier molecular flexibility index (Phi) is 6.79. The van der Waals surface area contributed by atoms with Crippen LogP contribution in [0, 0.1) is 11.8 Å². The molecule has 1 aliphatic rings. The van der Waals surface area contributed by atoms with Crippen molar-refractivity contribution in [1.29, 1.82) is 0 Å². The van der Waals surface area contributed by atoms with Gasteiger partial charge >= 0.3 is 6.18 Å². The fraction of sp³-hybridized carbons (Fsp3) is 0.385. The van der Waals surface area contributed by atoms with Gasteiger partial charge in [-0.25, -0.2) is 4.39 Å². The Morgan fingerprint density at radius 3 is 2.55 bits per heavy atom. The minimum atomic E-state index is -4.38. The summed E-state index contributed by atoms with van der Waals surface area (Å²) in [5, 5.41) is 0.771. The average molecular weight is 458 g/mol. The lowest BCUT2D eigenvalue weighted by molar-refractivity contribution is -0.137. The van der Waals surface area contributed by atoms with Crippen LogP contribution in [-0.2, 0) is 6.18 Å². The zero-order valence-corrected chi connectivity index (χ0v) is 18.4. The Bertz CT molecular complexity index is 1120. The first-order valence-corrected chi connectivity index (χ1v) is 11.1. The molecular formula is C26H26F4N2O. The van der Waals surface area contributed by atoms with Crippen molar-refractivity contribution in [2.75, 3.05) is 26.3 Å². The van der Waals surface area contributed by atoms with Crippen molar-refractivity contribution in [3.05, 3.63) is 65.9 Å². The van der Waals surface area contributed by atoms with Gasteiger partial charge in [-0.05, 0) is 42.0 Å². The number of nitrogens with zero attached hydrogens (tertiary/aromatic N) is 2. The Labute approximate surface area is 190 Å². The van der Waals surface area contributed by atoms with E-state index in [2.05, 4.69) is 16.8 Å². The van der Waals surface area contributed by atoms with Crippen LogP contribution in [0.5, 0.6) is 0 Å². The number of rotatable bonds is 8. The number of carbonyl (C=O) groups excluding carboxylic acids is 1. The van der Waals surface area contributed by atoms with Crippen molar-refractivity contribution < 1.29 is 22.4 Å². The molecule has 1 aromatic heterocycles. The minimum absolute atomic E-state index is 0.0242. The molecule has 2 aromatic carbocycles. The number of hydrogen-bond donors (Lipinski definition) is 0. The van der Waals surface area contributed by atoms with Gasteiger partial charge in [0.2, 0.25) is 0 Å². The molecule has 2 heterocycles. The lowest BCUT2D eigenvalue weighted by Gasteiger charge is -2.42. The van der Waals surface area contributed by atoms with E-state index in [0.29, 0.717) is 41.4 Å². The maximum absolute atomic E-state index is 12.9. The molecule has 1 saturated heterocycles. The van der Waals surface area contributed by atoms with Gasteiger partial charge in [0, 0.05) is 48.8 Å². The Balaban J connectivity index is 1.45. The molecule has 0 unspecified atom stereocenters. The highest BCUT2D eigenvalue weighted by Gasteiger charge is 2.31. The summed E-state index contributed by atoms with van der Waals surface area (Å²) in [5.41, 5.74) is 1.84. The van der Waals surface area contributed by atoms with Crippen LogP contribution >= 0.6 is 0 Å². The van der Waals surface area contributed by atoms with Crippen molar-refractivity contribution >= 4 is 16.7 Å². The van der Waals surface area contributed by atoms with E-state index >= 15 is 0 Å². The number of alkyl halides is 4. The molecule has 174 valence electrons. The number of Topliss-reactive ketones (excluding diaryl/α,β-unsaturated/α-hetero) is 1. The largest absolute Gasteiger partial charge is 0.416 e. The number of pyridine rings is 1. The number of carbonyl (C=O) groups is 1. The number of fused-ring (bicyclic) bond motifs is 1. The lowest BCUT2D eigenvalue weighted by Crippen LogP contribution is -2.50. The normalized spacial score (nSPS) is 16.0. The maximum Gasteiger partial charge on any atom is 0.416 e. The highest BCUT2D eigenvalue weighted by Crippen LogP contribution is 2.33. The summed E-state index contributed by atoms with van der Waals surface area (Å²) >= 11 is 0. The van der Waals surface area contributed by atoms with Crippen molar-refractivity contribution in [3.63, 3.8) is 0 Å². The summed E-state index contributed by atoms with van der Waals surface area (Å²) in [7, 11) is 0. The third kappa shape index (κ3) is 5.24. The number of ketones is 1. The highest BCUT2D eigenvalue weighted by molar-refractivity contribution is 6.01. The predicted octanol–water partition coefficient (Wildman–Crippen LogP) is 6.42. The second-order valence-corrected chi connectivity index (χ2v) is 8.82. The zero-order chi connectivity index (χ0) is 23.6. The molecule has 0 N–H and O–H groups in total. The first kappa shape index (κ1) is 23.4. The van der Waals surface area contributed by atoms with Gasteiger partial charge in [-0.15, -0.1) is 0 Å². The fourth-order valence-corrected chi connectivity index (χ4v) is 4.40. The van der Waals surface area contributed by atoms with Crippen LogP contribution in [-0.4, -0.2) is 42.0 Å². The van der Waals surface area contributed by atoms with E-state index in [1.807, 2.05) is 18.2 Å². The lowest BCUT2D eigenvalue weighted by atomic mass is 9.83. The molecule has 7 heteroatoms. The highest BCUT2D eigenvalue weighted by atomic mass is 19.4. The molecule has 33 heavy (non-hydrogen) atoms. The standard InChI is InChI=1S/C26H26F4N2O/c1-17(21-15-32(16-21)12-11-27)5-10-24(33)20-13-19-3-2-4-23(25(19)31-14-20)18-6-8-22(9-7-18)26(28,29)30/h2-4,6-9,13-14,17,21H,5,10-12,15-16H2,1H3/t17-/m0/s1. The maximum atomic E-state index is 12.9. The second-order valence-electron chi connectivity index (χ2n) is 8.82. The van der Waals surface area contributed by atoms with E-state index < -0.39 is 11.7 Å². The molecule has 0 saturated carbocycles. The van der Waals surface area contributed by atoms with Crippen LogP contribution < -0.4 is 0 Å². The topological polar surface area (TPSA) is 33.2 Å². The molecule has 0 amide bonds. The van der Waals surface area contributed by atoms with E-state index in [9.17, 15) is 22.4 Å². The van der Waals surface area contributed by atoms with Gasteiger partial charge < -0.3 is 4.90 Å². The van der Waals surface area contributed by atoms with Gasteiger partial charge in [-0.2, -0.15) is 13.2 Å². The molecule has 1 fully saturated rings. The number of hydrogen-bond acceptors (Lipinski definition) is 3. The summed E-state index contributed by atoms with van der Waals surface area (Å²) in [5.74, 6) is 0.922. The minimum Gasteiger partial charge on any atom is -0.300 e. The third-order valence-electron chi connectivity index (χ3n) is 6.57. The first-order valence-electron chi connectivity index (χ1n) is 11.1. The summed E-state index contributed by atoms with van der Waals surface area (Å²) in [6, 6.07) is 12.3. The van der Waals surface area contributed by atoms with Crippen LogP contribution in [0.1, 0.15) is 35.7 Å². The summed E-state index contributed by atoms with van der Waals surface area (Å²) in [6.45, 7) is 4.08. The monoisotopic (exact) mass is 458 g/mol. The SMILES string of the molecule is C[C@@H](CCC(=O)c1cnc2c(-c3ccc(C(F)(F)F)cc3)cccc2c1)C1CN(CCF)C1. The number of benzene rings is 2. The molecule has 0 spiro atoms. The van der Waals surface area contributed by atoms with Crippen molar-refractivity contribution in [2.45, 2.75) is 25.9 Å². The van der Waals surface area contributed by atoms with Gasteiger partial charge in [0.25, 0.3) is 0 Å². The summed E-state index contributed by atoms with van der Waals surface area (Å²) in [4.78, 5) is 19.3. The fourth-order valence-electron chi connectivity index (χ4n) is 4.40. The molecule has 3 nitrogen and oxygen atoms in total. The second kappa shape index (κ2) is 9.59. The summed E-state index contributed by atoms with van der Waals surface area (Å²) < 4.78 is 51.0. The molecule has 0 radical (unpaired) electrons. The number of para-hydroxylation sites is 1. The van der Waals surface area contributed by atoms with Crippen LogP contribution in [0.2, 0.25) is 0 Å². The number of likely N-dealkylation sites (tertiary alicyclic amines) is 1. The van der Waals surface area contributed by atoms with Gasteiger partial charge in [0.05, 0.1) is 11.1 Å². The Morgan fingerprint density at radius 1 is 1.15 bits per heavy atom. The van der Waals surface area contributed by atoms with E-state index in [-0.39, 0.29) is 12.5 Å². The van der Waals surface area contributed by atoms with Crippen molar-refractivity contribution in [3.8, 4) is 11.1 Å². The van der Waals surface area contributed by atoms with Crippen molar-refractivity contribution in [2.24, 2.45) is 11.8 Å². The third-order valence-corrected chi connectivity index (χ3v) is 6.57. The molecule has 0 aliphatic carbocycles. The van der Waals surface area contributed by atoms with Gasteiger partial charge in [-0.3, -0.25) is 9.78 Å². The average Bonchev–Trinajstić information content (AvgIpc) is 2.78. The number of aromatic nitrogens is 1. The zero-order valence-electron chi connectivity index (χ0n) is 18.4. The Hall–Kier alpha value is -2.80. The van der Waals surface area contributed by atoms with Crippen LogP contribution in [0.15, 0.2) is 54.7 Å². The van der Waals surface area contributed by atoms with E-state index in [1.54, 1.807) is 12.3 Å². The van der Waals surface area contributed by atoms with Crippen LogP contribution in [0.25, 0.3) is 22.0 Å². The van der Waals surface area contributed by atoms with Crippen LogP contribution in [0.3, 0.4) is 0 Å². The molecule has 1 atom stereocenters. The molecule has 3 aromatic rings. The van der Waals surface area contributed by atoms with Gasteiger partial charge in [0.15, 0.2) is 5.78 Å². The summed E-state index contributed by atoms with van der Waals surface area (Å²) in [6.07, 6.45) is -1.63. The van der Waals surface area contributed by atoms with Gasteiger partial charge in [0.1, 0.15) is 6.67 Å². The molecule has 4 rings (SSSR count). The van der Waals surface area contributed by atoms with Crippen LogP contribution in [0.4, 0.5) is 17.6 Å². The smallest absolute Gasteiger partial charge is 0.300 e. The Morgan fingerprint density at radius 2 is 1.88 bits per heavy atom. The quantitative estimate of drug-likeness (QED) is 0.288. The van der Waals surface area contributed by atoms with E-state index in [4.69, 9.17) is 0 Å². The molecule has 0 bridgehead atoms. The van der Waals surface area contributed by atoms with Gasteiger partial charge in [-0.1, -0.05) is 37.3 Å². The molecular weight excluding hydrogens is 432 g/mol. The van der Waals surface area contributed by atoms with E-state index in [1.165, 1.54) is 12.1 Å².